The third kappa shape index (κ3) is 7.91. The van der Waals surface area contributed by atoms with Crippen molar-refractivity contribution in [1.29, 1.82) is 0 Å². The van der Waals surface area contributed by atoms with E-state index in [0.29, 0.717) is 18.7 Å². The third-order valence-electron chi connectivity index (χ3n) is 4.86. The molecule has 1 aliphatic carbocycles. The van der Waals surface area contributed by atoms with Crippen LogP contribution in [0.4, 0.5) is 4.79 Å². The van der Waals surface area contributed by atoms with Crippen LogP contribution in [0, 0.1) is 5.92 Å². The average molecular weight is 372 g/mol. The van der Waals surface area contributed by atoms with Crippen LogP contribution in [0.15, 0.2) is 0 Å². The van der Waals surface area contributed by atoms with Gasteiger partial charge in [0.25, 0.3) is 0 Å². The van der Waals surface area contributed by atoms with Crippen LogP contribution in [0.2, 0.25) is 0 Å². The Hall–Kier alpha value is -1.34. The quantitative estimate of drug-likeness (QED) is 0.717. The van der Waals surface area contributed by atoms with Crippen LogP contribution in [0.1, 0.15) is 53.9 Å². The molecule has 1 fully saturated rings. The molecule has 0 bridgehead atoms. The zero-order valence-electron chi connectivity index (χ0n) is 17.4. The molecule has 1 saturated carbocycles. The smallest absolute Gasteiger partial charge is 0.408 e. The lowest BCUT2D eigenvalue weighted by Crippen LogP contribution is -2.52. The second-order valence-electron chi connectivity index (χ2n) is 8.47. The molecule has 2 amide bonds. The number of hydrogen-bond acceptors (Lipinski definition) is 5. The van der Waals surface area contributed by atoms with Gasteiger partial charge in [-0.05, 0) is 60.9 Å². The maximum absolute atomic E-state index is 12.2. The highest BCUT2D eigenvalue weighted by atomic mass is 16.6. The Bertz CT molecular complexity index is 462. The van der Waals surface area contributed by atoms with E-state index in [4.69, 9.17) is 9.47 Å². The Kier molecular flexibility index (Phi) is 8.83. The molecule has 7 nitrogen and oxygen atoms in total. The maximum Gasteiger partial charge on any atom is 0.408 e. The minimum atomic E-state index is -0.580. The van der Waals surface area contributed by atoms with E-state index in [1.54, 1.807) is 27.9 Å². The summed E-state index contributed by atoms with van der Waals surface area (Å²) in [4.78, 5) is 26.3. The highest BCUT2D eigenvalue weighted by molar-refractivity contribution is 5.82. The summed E-state index contributed by atoms with van der Waals surface area (Å²) >= 11 is 0. The number of ether oxygens (including phenoxy) is 2. The Labute approximate surface area is 158 Å². The van der Waals surface area contributed by atoms with Gasteiger partial charge in [-0.25, -0.2) is 4.79 Å². The molecule has 0 aromatic rings. The molecule has 0 saturated heterocycles. The predicted molar refractivity (Wildman–Crippen MR) is 102 cm³/mol. The number of carbonyl (C=O) groups is 2. The highest BCUT2D eigenvalue weighted by Crippen LogP contribution is 2.29. The second kappa shape index (κ2) is 10.1. The molecule has 0 aromatic carbocycles. The number of carbonyl (C=O) groups excluding carboxylic acids is 2. The fourth-order valence-corrected chi connectivity index (χ4v) is 3.34. The van der Waals surface area contributed by atoms with E-state index in [2.05, 4.69) is 36.4 Å². The predicted octanol–water partition coefficient (Wildman–Crippen LogP) is 2.15. The molecule has 0 unspecified atom stereocenters. The van der Waals surface area contributed by atoms with Crippen LogP contribution in [-0.2, 0) is 14.3 Å². The van der Waals surface area contributed by atoms with Gasteiger partial charge in [0.15, 0.2) is 0 Å². The summed E-state index contributed by atoms with van der Waals surface area (Å²) in [7, 11) is 3.85. The first-order valence-electron chi connectivity index (χ1n) is 9.50. The van der Waals surface area contributed by atoms with Gasteiger partial charge in [0.1, 0.15) is 12.1 Å². The van der Waals surface area contributed by atoms with Crippen LogP contribution in [0.5, 0.6) is 0 Å². The van der Waals surface area contributed by atoms with Crippen molar-refractivity contribution in [2.45, 2.75) is 77.6 Å². The van der Waals surface area contributed by atoms with E-state index < -0.39 is 11.7 Å². The molecule has 0 spiro atoms. The molecule has 1 aliphatic rings. The van der Waals surface area contributed by atoms with Crippen LogP contribution in [0.3, 0.4) is 0 Å². The van der Waals surface area contributed by atoms with Gasteiger partial charge < -0.3 is 25.0 Å². The minimum Gasteiger partial charge on any atom is -0.444 e. The SMILES string of the molecule is COC[C@H]1C[C@H](N(C)C(C)C)CC[C@@H]1NC(=O)CNC(=O)OC(C)(C)C. The second-order valence-corrected chi connectivity index (χ2v) is 8.47. The van der Waals surface area contributed by atoms with Crippen LogP contribution < -0.4 is 10.6 Å². The van der Waals surface area contributed by atoms with Gasteiger partial charge in [-0.1, -0.05) is 0 Å². The normalized spacial score (nSPS) is 23.8. The summed E-state index contributed by atoms with van der Waals surface area (Å²) in [6, 6.07) is 1.07. The molecular formula is C19H37N3O4. The van der Waals surface area contributed by atoms with Crippen molar-refractivity contribution in [3.05, 3.63) is 0 Å². The molecule has 0 heterocycles. The monoisotopic (exact) mass is 371 g/mol. The average Bonchev–Trinajstić information content (AvgIpc) is 2.52. The highest BCUT2D eigenvalue weighted by Gasteiger charge is 2.33. The zero-order valence-corrected chi connectivity index (χ0v) is 17.4. The van der Waals surface area contributed by atoms with E-state index in [9.17, 15) is 9.59 Å². The largest absolute Gasteiger partial charge is 0.444 e. The molecule has 3 atom stereocenters. The molecule has 7 heteroatoms. The van der Waals surface area contributed by atoms with Crippen molar-refractivity contribution >= 4 is 12.0 Å². The lowest BCUT2D eigenvalue weighted by atomic mass is 9.81. The molecule has 1 rings (SSSR count). The molecule has 152 valence electrons. The number of alkyl carbamates (subject to hydrolysis) is 1. The lowest BCUT2D eigenvalue weighted by Gasteiger charge is -2.41. The van der Waals surface area contributed by atoms with Crippen LogP contribution in [0.25, 0.3) is 0 Å². The van der Waals surface area contributed by atoms with Gasteiger partial charge in [-0.15, -0.1) is 0 Å². The summed E-state index contributed by atoms with van der Waals surface area (Å²) in [5.41, 5.74) is -0.578. The first kappa shape index (κ1) is 22.7. The van der Waals surface area contributed by atoms with E-state index in [1.807, 2.05) is 0 Å². The third-order valence-corrected chi connectivity index (χ3v) is 4.86. The first-order chi connectivity index (χ1) is 12.0. The van der Waals surface area contributed by atoms with Crippen molar-refractivity contribution in [3.63, 3.8) is 0 Å². The Balaban J connectivity index is 2.51. The lowest BCUT2D eigenvalue weighted by molar-refractivity contribution is -0.122. The van der Waals surface area contributed by atoms with Crippen molar-refractivity contribution < 1.29 is 19.1 Å². The number of rotatable bonds is 7. The summed E-state index contributed by atoms with van der Waals surface area (Å²) in [5.74, 6) is 0.0723. The van der Waals surface area contributed by atoms with E-state index in [0.717, 1.165) is 19.3 Å². The first-order valence-corrected chi connectivity index (χ1v) is 9.50. The Morgan fingerprint density at radius 1 is 1.23 bits per heavy atom. The van der Waals surface area contributed by atoms with Crippen molar-refractivity contribution in [3.8, 4) is 0 Å². The summed E-state index contributed by atoms with van der Waals surface area (Å²) in [5, 5.41) is 5.56. The van der Waals surface area contributed by atoms with Gasteiger partial charge in [0.05, 0.1) is 6.61 Å². The fraction of sp³-hybridized carbons (Fsp3) is 0.895. The number of methoxy groups -OCH3 is 1. The molecule has 26 heavy (non-hydrogen) atoms. The van der Waals surface area contributed by atoms with Crippen molar-refractivity contribution in [1.82, 2.24) is 15.5 Å². The van der Waals surface area contributed by atoms with E-state index in [1.165, 1.54) is 0 Å². The zero-order chi connectivity index (χ0) is 19.9. The maximum atomic E-state index is 12.2. The minimum absolute atomic E-state index is 0.0692. The number of nitrogens with one attached hydrogen (secondary N) is 2. The van der Waals surface area contributed by atoms with Crippen molar-refractivity contribution in [2.24, 2.45) is 5.92 Å². The fourth-order valence-electron chi connectivity index (χ4n) is 3.34. The molecule has 0 aliphatic heterocycles. The van der Waals surface area contributed by atoms with E-state index >= 15 is 0 Å². The molecule has 0 aromatic heterocycles. The Morgan fingerprint density at radius 2 is 1.88 bits per heavy atom. The number of amides is 2. The van der Waals surface area contributed by atoms with Gasteiger partial charge in [-0.2, -0.15) is 0 Å². The summed E-state index contributed by atoms with van der Waals surface area (Å²) in [6.45, 7) is 10.3. The van der Waals surface area contributed by atoms with Gasteiger partial charge in [-0.3, -0.25) is 4.79 Å². The summed E-state index contributed by atoms with van der Waals surface area (Å²) < 4.78 is 10.5. The molecule has 0 radical (unpaired) electrons. The Morgan fingerprint density at radius 3 is 2.42 bits per heavy atom. The van der Waals surface area contributed by atoms with Gasteiger partial charge in [0.2, 0.25) is 5.91 Å². The topological polar surface area (TPSA) is 79.9 Å². The van der Waals surface area contributed by atoms with Crippen LogP contribution >= 0.6 is 0 Å². The van der Waals surface area contributed by atoms with E-state index in [-0.39, 0.29) is 24.4 Å². The van der Waals surface area contributed by atoms with Crippen molar-refractivity contribution in [2.75, 3.05) is 27.3 Å². The van der Waals surface area contributed by atoms with Gasteiger partial charge in [0, 0.05) is 31.2 Å². The van der Waals surface area contributed by atoms with Crippen LogP contribution in [-0.4, -0.2) is 67.9 Å². The standard InChI is InChI=1S/C19H37N3O4/c1-13(2)22(6)15-8-9-16(14(10-15)12-25-7)21-17(23)11-20-18(24)26-19(3,4)5/h13-16H,8-12H2,1-7H3,(H,20,24)(H,21,23)/t14-,15-,16+/m1/s1. The molecular weight excluding hydrogens is 334 g/mol. The summed E-state index contributed by atoms with van der Waals surface area (Å²) in [6.07, 6.45) is 2.36. The number of hydrogen-bond donors (Lipinski definition) is 2. The number of nitrogens with zero attached hydrogens (tertiary/aromatic N) is 1. The van der Waals surface area contributed by atoms with Gasteiger partial charge >= 0.3 is 6.09 Å². The molecule has 2 N–H and O–H groups in total.